The molecule has 0 saturated carbocycles. The van der Waals surface area contributed by atoms with Crippen LogP contribution in [0.1, 0.15) is 37.5 Å². The number of rotatable bonds is 4. The van der Waals surface area contributed by atoms with Crippen LogP contribution in [0, 0.1) is 0 Å². The fourth-order valence-corrected chi connectivity index (χ4v) is 3.08. The molecule has 3 rings (SSSR count). The predicted octanol–water partition coefficient (Wildman–Crippen LogP) is 3.96. The van der Waals surface area contributed by atoms with Crippen molar-refractivity contribution >= 4 is 23.4 Å². The number of aliphatic hydroxyl groups excluding tert-OH is 1. The van der Waals surface area contributed by atoms with E-state index in [1.165, 1.54) is 5.56 Å². The maximum atomic E-state index is 12.2. The molecule has 0 aliphatic carbocycles. The van der Waals surface area contributed by atoms with E-state index < -0.39 is 0 Å². The van der Waals surface area contributed by atoms with Gasteiger partial charge in [-0.2, -0.15) is 0 Å². The van der Waals surface area contributed by atoms with Gasteiger partial charge in [0.05, 0.1) is 12.6 Å². The molecule has 4 nitrogen and oxygen atoms in total. The van der Waals surface area contributed by atoms with Crippen LogP contribution >= 0.6 is 0 Å². The molecular formula is C22H26N2O2. The minimum Gasteiger partial charge on any atom is -0.394 e. The van der Waals surface area contributed by atoms with Crippen molar-refractivity contribution in [1.82, 2.24) is 0 Å². The van der Waals surface area contributed by atoms with Gasteiger partial charge in [-0.25, -0.2) is 0 Å². The molecule has 0 saturated heterocycles. The monoisotopic (exact) mass is 350 g/mol. The first kappa shape index (κ1) is 18.2. The lowest BCUT2D eigenvalue weighted by molar-refractivity contribution is -0.111. The summed E-state index contributed by atoms with van der Waals surface area (Å²) in [6.45, 7) is 6.65. The lowest BCUT2D eigenvalue weighted by atomic mass is 9.87. The first-order valence-corrected chi connectivity index (χ1v) is 8.95. The third-order valence-corrected chi connectivity index (χ3v) is 4.62. The Kier molecular flexibility index (Phi) is 5.14. The Labute approximate surface area is 154 Å². The Bertz CT molecular complexity index is 817. The maximum absolute atomic E-state index is 12.2. The second kappa shape index (κ2) is 7.34. The topological polar surface area (TPSA) is 61.4 Å². The van der Waals surface area contributed by atoms with Crippen LogP contribution in [0.15, 0.2) is 48.5 Å². The van der Waals surface area contributed by atoms with Gasteiger partial charge in [-0.05, 0) is 52.8 Å². The molecule has 4 heteroatoms. The Morgan fingerprint density at radius 1 is 1.23 bits per heavy atom. The summed E-state index contributed by atoms with van der Waals surface area (Å²) in [6, 6.07) is 14.1. The third kappa shape index (κ3) is 4.33. The van der Waals surface area contributed by atoms with E-state index in [9.17, 15) is 9.90 Å². The highest BCUT2D eigenvalue weighted by Crippen LogP contribution is 2.28. The lowest BCUT2D eigenvalue weighted by Gasteiger charge is -2.18. The van der Waals surface area contributed by atoms with Crippen molar-refractivity contribution in [2.75, 3.05) is 17.2 Å². The molecule has 1 unspecified atom stereocenters. The van der Waals surface area contributed by atoms with Gasteiger partial charge in [-0.3, -0.25) is 4.79 Å². The fourth-order valence-electron chi connectivity index (χ4n) is 3.08. The van der Waals surface area contributed by atoms with Crippen molar-refractivity contribution in [3.05, 3.63) is 65.2 Å². The van der Waals surface area contributed by atoms with Crippen LogP contribution in [0.25, 0.3) is 6.08 Å². The van der Waals surface area contributed by atoms with Crippen molar-refractivity contribution in [1.29, 1.82) is 0 Å². The Morgan fingerprint density at radius 3 is 2.62 bits per heavy atom. The SMILES string of the molecule is CC(C)(C)c1ccc(/C=C/C(=O)Nc2ccc3c(c2)CC(CO)N3)cc1. The molecule has 1 atom stereocenters. The summed E-state index contributed by atoms with van der Waals surface area (Å²) in [5.74, 6) is -0.158. The van der Waals surface area contributed by atoms with E-state index in [0.29, 0.717) is 0 Å². The molecule has 1 aliphatic heterocycles. The summed E-state index contributed by atoms with van der Waals surface area (Å²) in [5, 5.41) is 15.4. The maximum Gasteiger partial charge on any atom is 0.248 e. The molecule has 0 spiro atoms. The molecule has 136 valence electrons. The van der Waals surface area contributed by atoms with Gasteiger partial charge in [0.15, 0.2) is 0 Å². The van der Waals surface area contributed by atoms with E-state index in [-0.39, 0.29) is 24.0 Å². The number of anilines is 2. The summed E-state index contributed by atoms with van der Waals surface area (Å²) in [5.41, 5.74) is 5.29. The summed E-state index contributed by atoms with van der Waals surface area (Å²) < 4.78 is 0. The average Bonchev–Trinajstić information content (AvgIpc) is 3.02. The van der Waals surface area contributed by atoms with Gasteiger partial charge in [0.25, 0.3) is 0 Å². The Hall–Kier alpha value is -2.59. The van der Waals surface area contributed by atoms with Gasteiger partial charge in [-0.1, -0.05) is 45.0 Å². The normalized spacial score (nSPS) is 16.4. The second-order valence-electron chi connectivity index (χ2n) is 7.79. The number of nitrogens with one attached hydrogen (secondary N) is 2. The quantitative estimate of drug-likeness (QED) is 0.731. The number of carbonyl (C=O) groups excluding carboxylic acids is 1. The van der Waals surface area contributed by atoms with Crippen molar-refractivity contribution in [3.63, 3.8) is 0 Å². The molecule has 0 aromatic heterocycles. The van der Waals surface area contributed by atoms with Crippen LogP contribution in [0.2, 0.25) is 0 Å². The first-order chi connectivity index (χ1) is 12.3. The van der Waals surface area contributed by atoms with Gasteiger partial charge >= 0.3 is 0 Å². The van der Waals surface area contributed by atoms with Crippen molar-refractivity contribution < 1.29 is 9.90 Å². The number of carbonyl (C=O) groups is 1. The molecule has 0 bridgehead atoms. The van der Waals surface area contributed by atoms with Gasteiger partial charge in [0.1, 0.15) is 0 Å². The van der Waals surface area contributed by atoms with Crippen molar-refractivity contribution in [2.45, 2.75) is 38.6 Å². The molecule has 2 aromatic carbocycles. The lowest BCUT2D eigenvalue weighted by Crippen LogP contribution is -2.19. The molecule has 0 fully saturated rings. The molecule has 2 aromatic rings. The van der Waals surface area contributed by atoms with Crippen molar-refractivity contribution in [2.24, 2.45) is 0 Å². The second-order valence-corrected chi connectivity index (χ2v) is 7.79. The number of amides is 1. The van der Waals surface area contributed by atoms with Crippen molar-refractivity contribution in [3.8, 4) is 0 Å². The Balaban J connectivity index is 1.62. The zero-order valence-corrected chi connectivity index (χ0v) is 15.5. The standard InChI is InChI=1S/C22H26N2O2/c1-22(2,3)17-7-4-15(5-8-17)6-11-21(26)24-18-9-10-20-16(12-18)13-19(14-25)23-20/h4-12,19,23,25H,13-14H2,1-3H3,(H,24,26)/b11-6+. The van der Waals surface area contributed by atoms with Crippen LogP contribution in [-0.2, 0) is 16.6 Å². The van der Waals surface area contributed by atoms with Crippen LogP contribution in [0.3, 0.4) is 0 Å². The number of hydrogen-bond donors (Lipinski definition) is 3. The molecular weight excluding hydrogens is 324 g/mol. The predicted molar refractivity (Wildman–Crippen MR) is 107 cm³/mol. The molecule has 1 aliphatic rings. The van der Waals surface area contributed by atoms with E-state index in [4.69, 9.17) is 0 Å². The van der Waals surface area contributed by atoms with E-state index in [2.05, 4.69) is 43.5 Å². The zero-order chi connectivity index (χ0) is 18.7. The fraction of sp³-hybridized carbons (Fsp3) is 0.318. The molecule has 1 amide bonds. The summed E-state index contributed by atoms with van der Waals surface area (Å²) in [6.07, 6.45) is 4.14. The molecule has 1 heterocycles. The number of hydrogen-bond acceptors (Lipinski definition) is 3. The van der Waals surface area contributed by atoms with Crippen LogP contribution in [-0.4, -0.2) is 23.7 Å². The largest absolute Gasteiger partial charge is 0.394 e. The zero-order valence-electron chi connectivity index (χ0n) is 15.5. The van der Waals surface area contributed by atoms with Crippen LogP contribution in [0.5, 0.6) is 0 Å². The number of benzene rings is 2. The van der Waals surface area contributed by atoms with Gasteiger partial charge < -0.3 is 15.7 Å². The van der Waals surface area contributed by atoms with E-state index in [1.807, 2.05) is 36.4 Å². The van der Waals surface area contributed by atoms with Gasteiger partial charge in [0, 0.05) is 17.5 Å². The van der Waals surface area contributed by atoms with Gasteiger partial charge in [0.2, 0.25) is 5.91 Å². The van der Waals surface area contributed by atoms with E-state index in [0.717, 1.165) is 28.9 Å². The summed E-state index contributed by atoms with van der Waals surface area (Å²) in [7, 11) is 0. The highest BCUT2D eigenvalue weighted by molar-refractivity contribution is 6.02. The molecule has 0 radical (unpaired) electrons. The average molecular weight is 350 g/mol. The van der Waals surface area contributed by atoms with E-state index in [1.54, 1.807) is 6.08 Å². The summed E-state index contributed by atoms with van der Waals surface area (Å²) in [4.78, 5) is 12.2. The van der Waals surface area contributed by atoms with Crippen LogP contribution < -0.4 is 10.6 Å². The van der Waals surface area contributed by atoms with E-state index >= 15 is 0 Å². The highest BCUT2D eigenvalue weighted by atomic mass is 16.3. The van der Waals surface area contributed by atoms with Crippen LogP contribution in [0.4, 0.5) is 11.4 Å². The number of aliphatic hydroxyl groups is 1. The van der Waals surface area contributed by atoms with Gasteiger partial charge in [-0.15, -0.1) is 0 Å². The third-order valence-electron chi connectivity index (χ3n) is 4.62. The highest BCUT2D eigenvalue weighted by Gasteiger charge is 2.19. The Morgan fingerprint density at radius 2 is 1.96 bits per heavy atom. The summed E-state index contributed by atoms with van der Waals surface area (Å²) >= 11 is 0. The first-order valence-electron chi connectivity index (χ1n) is 8.95. The molecule has 26 heavy (non-hydrogen) atoms. The smallest absolute Gasteiger partial charge is 0.248 e. The number of fused-ring (bicyclic) bond motifs is 1. The molecule has 3 N–H and O–H groups in total. The minimum atomic E-state index is -0.158. The minimum absolute atomic E-state index is 0.0620.